The molecule has 1 N–H and O–H groups in total. The third kappa shape index (κ3) is 5.64. The van der Waals surface area contributed by atoms with Gasteiger partial charge < -0.3 is 19.5 Å². The molecule has 0 bridgehead atoms. The molecule has 30 heavy (non-hydrogen) atoms. The van der Waals surface area contributed by atoms with Gasteiger partial charge >= 0.3 is 0 Å². The van der Waals surface area contributed by atoms with Crippen LogP contribution in [0.1, 0.15) is 12.5 Å². The first-order valence-corrected chi connectivity index (χ1v) is 10.8. The van der Waals surface area contributed by atoms with Gasteiger partial charge in [-0.1, -0.05) is 6.07 Å². The van der Waals surface area contributed by atoms with Crippen LogP contribution in [0, 0.1) is 6.92 Å². The molecule has 8 nitrogen and oxygen atoms in total. The van der Waals surface area contributed by atoms with Crippen molar-refractivity contribution in [2.24, 2.45) is 0 Å². The van der Waals surface area contributed by atoms with E-state index in [1.54, 1.807) is 50.2 Å². The molecule has 2 aromatic carbocycles. The first-order valence-electron chi connectivity index (χ1n) is 9.32. The lowest BCUT2D eigenvalue weighted by molar-refractivity contribution is -0.120. The number of nitrogens with one attached hydrogen (secondary N) is 1. The summed E-state index contributed by atoms with van der Waals surface area (Å²) in [6.45, 7) is 3.47. The van der Waals surface area contributed by atoms with E-state index in [1.165, 1.54) is 27.4 Å². The van der Waals surface area contributed by atoms with E-state index in [2.05, 4.69) is 5.32 Å². The van der Waals surface area contributed by atoms with Crippen molar-refractivity contribution in [3.8, 4) is 11.5 Å². The summed E-state index contributed by atoms with van der Waals surface area (Å²) in [5.74, 6) is 0.320. The summed E-state index contributed by atoms with van der Waals surface area (Å²) in [5.41, 5.74) is 1.08. The number of aryl methyl sites for hydroxylation is 1. The highest BCUT2D eigenvalue weighted by Gasteiger charge is 2.30. The molecule has 0 fully saturated rings. The number of hydrogen-bond donors (Lipinski definition) is 1. The van der Waals surface area contributed by atoms with Crippen LogP contribution >= 0.6 is 0 Å². The number of benzene rings is 2. The monoisotopic (exact) mass is 436 g/mol. The topological polar surface area (TPSA) is 94.2 Å². The number of methoxy groups -OCH3 is 3. The summed E-state index contributed by atoms with van der Waals surface area (Å²) in [7, 11) is 0.345. The summed E-state index contributed by atoms with van der Waals surface area (Å²) in [5, 5.41) is 2.74. The minimum Gasteiger partial charge on any atom is -0.497 e. The largest absolute Gasteiger partial charge is 0.497 e. The summed E-state index contributed by atoms with van der Waals surface area (Å²) in [4.78, 5) is 12.6. The number of rotatable bonds is 10. The van der Waals surface area contributed by atoms with Crippen molar-refractivity contribution in [2.45, 2.75) is 24.8 Å². The minimum atomic E-state index is -4.11. The Morgan fingerprint density at radius 1 is 1.07 bits per heavy atom. The molecule has 0 saturated heterocycles. The molecule has 0 saturated carbocycles. The number of ether oxygens (including phenoxy) is 3. The number of carbonyl (C=O) groups excluding carboxylic acids is 1. The van der Waals surface area contributed by atoms with Crippen LogP contribution in [0.15, 0.2) is 47.4 Å². The lowest BCUT2D eigenvalue weighted by Crippen LogP contribution is -2.44. The van der Waals surface area contributed by atoms with Crippen molar-refractivity contribution in [3.05, 3.63) is 48.0 Å². The van der Waals surface area contributed by atoms with Gasteiger partial charge in [0.25, 0.3) is 10.0 Å². The van der Waals surface area contributed by atoms with Gasteiger partial charge in [-0.05, 0) is 55.8 Å². The van der Waals surface area contributed by atoms with Crippen molar-refractivity contribution in [3.63, 3.8) is 0 Å². The summed E-state index contributed by atoms with van der Waals surface area (Å²) < 4.78 is 43.6. The first kappa shape index (κ1) is 23.5. The van der Waals surface area contributed by atoms with Crippen LogP contribution in [0.4, 0.5) is 5.69 Å². The predicted octanol–water partition coefficient (Wildman–Crippen LogP) is 2.36. The van der Waals surface area contributed by atoms with E-state index in [-0.39, 0.29) is 16.7 Å². The smallest absolute Gasteiger partial charge is 0.268 e. The molecule has 2 rings (SSSR count). The van der Waals surface area contributed by atoms with Gasteiger partial charge in [0.2, 0.25) is 5.91 Å². The van der Waals surface area contributed by atoms with E-state index in [0.717, 1.165) is 9.87 Å². The maximum Gasteiger partial charge on any atom is 0.268 e. The van der Waals surface area contributed by atoms with Crippen LogP contribution in [-0.4, -0.2) is 54.8 Å². The maximum atomic E-state index is 13.6. The molecule has 0 radical (unpaired) electrons. The Balaban J connectivity index is 2.49. The molecule has 1 amide bonds. The van der Waals surface area contributed by atoms with E-state index in [1.807, 2.05) is 0 Å². The predicted molar refractivity (Wildman–Crippen MR) is 115 cm³/mol. The molecule has 2 aromatic rings. The number of anilines is 1. The Kier molecular flexibility index (Phi) is 8.08. The van der Waals surface area contributed by atoms with Gasteiger partial charge in [0.15, 0.2) is 0 Å². The van der Waals surface area contributed by atoms with Crippen molar-refractivity contribution >= 4 is 21.6 Å². The maximum absolute atomic E-state index is 13.6. The molecule has 0 unspecified atom stereocenters. The van der Waals surface area contributed by atoms with Crippen LogP contribution < -0.4 is 19.1 Å². The lowest BCUT2D eigenvalue weighted by atomic mass is 10.2. The molecule has 0 aliphatic rings. The summed E-state index contributed by atoms with van der Waals surface area (Å²) in [6, 6.07) is 11.1. The molecule has 164 valence electrons. The van der Waals surface area contributed by atoms with E-state index in [0.29, 0.717) is 18.0 Å². The van der Waals surface area contributed by atoms with Crippen molar-refractivity contribution in [1.29, 1.82) is 0 Å². The Labute approximate surface area is 177 Å². The number of nitrogens with zero attached hydrogens (tertiary/aromatic N) is 1. The molecular weight excluding hydrogens is 408 g/mol. The van der Waals surface area contributed by atoms with E-state index < -0.39 is 22.5 Å². The van der Waals surface area contributed by atoms with Crippen LogP contribution in [0.25, 0.3) is 0 Å². The fraction of sp³-hybridized carbons (Fsp3) is 0.381. The van der Waals surface area contributed by atoms with Crippen molar-refractivity contribution < 1.29 is 27.4 Å². The normalized spacial score (nSPS) is 12.2. The number of amides is 1. The molecule has 1 atom stereocenters. The zero-order chi connectivity index (χ0) is 22.3. The minimum absolute atomic E-state index is 0.0152. The Morgan fingerprint density at radius 2 is 1.73 bits per heavy atom. The molecule has 0 aromatic heterocycles. The summed E-state index contributed by atoms with van der Waals surface area (Å²) >= 11 is 0. The standard InChI is InChI=1S/C21H28N2O6S/c1-15-6-11-19(29-5)20(12-15)30(25,26)23(13-21(24)22-16(2)14-27-3)17-7-9-18(28-4)10-8-17/h6-12,16H,13-14H2,1-5H3,(H,22,24)/t16-/m0/s1. The van der Waals surface area contributed by atoms with Gasteiger partial charge in [-0.2, -0.15) is 0 Å². The quantitative estimate of drug-likeness (QED) is 0.615. The van der Waals surface area contributed by atoms with Gasteiger partial charge in [0.05, 0.1) is 26.5 Å². The molecule has 0 heterocycles. The highest BCUT2D eigenvalue weighted by atomic mass is 32.2. The molecule has 0 aliphatic carbocycles. The van der Waals surface area contributed by atoms with E-state index in [9.17, 15) is 13.2 Å². The Morgan fingerprint density at radius 3 is 2.30 bits per heavy atom. The number of carbonyl (C=O) groups is 1. The highest BCUT2D eigenvalue weighted by molar-refractivity contribution is 7.93. The van der Waals surface area contributed by atoms with Gasteiger partial charge in [-0.3, -0.25) is 9.10 Å². The van der Waals surface area contributed by atoms with Gasteiger partial charge in [-0.25, -0.2) is 8.42 Å². The van der Waals surface area contributed by atoms with E-state index >= 15 is 0 Å². The third-order valence-corrected chi connectivity index (χ3v) is 6.15. The second kappa shape index (κ2) is 10.3. The second-order valence-corrected chi connectivity index (χ2v) is 8.62. The fourth-order valence-corrected chi connectivity index (χ4v) is 4.57. The zero-order valence-corrected chi connectivity index (χ0v) is 18.7. The van der Waals surface area contributed by atoms with E-state index in [4.69, 9.17) is 14.2 Å². The van der Waals surface area contributed by atoms with Gasteiger partial charge in [0.1, 0.15) is 22.9 Å². The van der Waals surface area contributed by atoms with Crippen molar-refractivity contribution in [1.82, 2.24) is 5.32 Å². The second-order valence-electron chi connectivity index (χ2n) is 6.79. The van der Waals surface area contributed by atoms with Crippen LogP contribution in [0.2, 0.25) is 0 Å². The average Bonchev–Trinajstić information content (AvgIpc) is 2.72. The van der Waals surface area contributed by atoms with Crippen LogP contribution in [0.3, 0.4) is 0 Å². The van der Waals surface area contributed by atoms with Gasteiger partial charge in [0, 0.05) is 13.2 Å². The zero-order valence-electron chi connectivity index (χ0n) is 17.8. The number of hydrogen-bond acceptors (Lipinski definition) is 6. The van der Waals surface area contributed by atoms with Crippen LogP contribution in [-0.2, 0) is 19.6 Å². The highest BCUT2D eigenvalue weighted by Crippen LogP contribution is 2.31. The molecule has 0 spiro atoms. The Bertz CT molecular complexity index is 960. The molecular formula is C21H28N2O6S. The Hall–Kier alpha value is -2.78. The third-order valence-electron chi connectivity index (χ3n) is 4.36. The lowest BCUT2D eigenvalue weighted by Gasteiger charge is -2.26. The SMILES string of the molecule is COC[C@H](C)NC(=O)CN(c1ccc(OC)cc1)S(=O)(=O)c1cc(C)ccc1OC. The van der Waals surface area contributed by atoms with Crippen LogP contribution in [0.5, 0.6) is 11.5 Å². The molecule has 0 aliphatic heterocycles. The van der Waals surface area contributed by atoms with Gasteiger partial charge in [-0.15, -0.1) is 0 Å². The summed E-state index contributed by atoms with van der Waals surface area (Å²) in [6.07, 6.45) is 0. The number of sulfonamides is 1. The van der Waals surface area contributed by atoms with Crippen molar-refractivity contribution in [2.75, 3.05) is 38.8 Å². The fourth-order valence-electron chi connectivity index (χ4n) is 2.91. The average molecular weight is 437 g/mol. The first-order chi connectivity index (χ1) is 14.2. The molecule has 9 heteroatoms.